The third kappa shape index (κ3) is 10.4. The van der Waals surface area contributed by atoms with E-state index >= 15 is 0 Å². The lowest BCUT2D eigenvalue weighted by atomic mass is 10.1. The SMILES string of the molecule is COC(=O)c1cc(NCCNCCCN)ccc1C#CCNC(=O)OC(C)(C)C. The number of esters is 1. The summed E-state index contributed by atoms with van der Waals surface area (Å²) in [5.74, 6) is 5.24. The summed E-state index contributed by atoms with van der Waals surface area (Å²) in [6.07, 6.45) is 0.391. The first-order valence-corrected chi connectivity index (χ1v) is 9.59. The number of rotatable bonds is 9. The summed E-state index contributed by atoms with van der Waals surface area (Å²) < 4.78 is 9.99. The van der Waals surface area contributed by atoms with Crippen molar-refractivity contribution in [3.05, 3.63) is 29.3 Å². The quantitative estimate of drug-likeness (QED) is 0.281. The van der Waals surface area contributed by atoms with Crippen LogP contribution in [0.25, 0.3) is 0 Å². The molecular formula is C21H32N4O4. The number of anilines is 1. The van der Waals surface area contributed by atoms with Gasteiger partial charge in [0.1, 0.15) is 5.60 Å². The number of benzene rings is 1. The second-order valence-corrected chi connectivity index (χ2v) is 7.23. The minimum Gasteiger partial charge on any atom is -0.465 e. The van der Waals surface area contributed by atoms with E-state index in [0.717, 1.165) is 25.2 Å². The zero-order chi connectivity index (χ0) is 21.7. The third-order valence-electron chi connectivity index (χ3n) is 3.56. The number of carbonyl (C=O) groups is 2. The van der Waals surface area contributed by atoms with E-state index in [1.54, 1.807) is 32.9 Å². The summed E-state index contributed by atoms with van der Waals surface area (Å²) in [7, 11) is 1.32. The van der Waals surface area contributed by atoms with Crippen LogP contribution in [0.1, 0.15) is 43.1 Å². The molecule has 0 radical (unpaired) electrons. The molecule has 8 nitrogen and oxygen atoms in total. The predicted octanol–water partition coefficient (Wildman–Crippen LogP) is 1.70. The standard InChI is InChI=1S/C21H32N4O4/c1-21(2,3)29-20(27)25-12-5-7-16-8-9-17(15-18(16)19(26)28-4)24-14-13-23-11-6-10-22/h8-9,15,23-24H,6,10-14,22H2,1-4H3,(H,25,27). The van der Waals surface area contributed by atoms with Gasteiger partial charge in [0.05, 0.1) is 19.2 Å². The van der Waals surface area contributed by atoms with Crippen LogP contribution in [0.5, 0.6) is 0 Å². The third-order valence-corrected chi connectivity index (χ3v) is 3.56. The highest BCUT2D eigenvalue weighted by atomic mass is 16.6. The number of alkyl carbamates (subject to hydrolysis) is 1. The lowest BCUT2D eigenvalue weighted by Crippen LogP contribution is -2.32. The summed E-state index contributed by atoms with van der Waals surface area (Å²) >= 11 is 0. The molecular weight excluding hydrogens is 372 g/mol. The van der Waals surface area contributed by atoms with Gasteiger partial charge in [-0.05, 0) is 58.5 Å². The Hall–Kier alpha value is -2.76. The van der Waals surface area contributed by atoms with E-state index in [2.05, 4.69) is 27.8 Å². The fraction of sp³-hybridized carbons (Fsp3) is 0.524. The van der Waals surface area contributed by atoms with E-state index in [-0.39, 0.29) is 6.54 Å². The zero-order valence-electron chi connectivity index (χ0n) is 17.7. The Morgan fingerprint density at radius 1 is 1.17 bits per heavy atom. The maximum Gasteiger partial charge on any atom is 0.408 e. The van der Waals surface area contributed by atoms with Crippen molar-refractivity contribution in [1.29, 1.82) is 0 Å². The van der Waals surface area contributed by atoms with E-state index < -0.39 is 17.7 Å². The maximum absolute atomic E-state index is 12.1. The first-order valence-electron chi connectivity index (χ1n) is 9.59. The second kappa shape index (κ2) is 12.6. The molecule has 1 rings (SSSR count). The number of hydrogen-bond acceptors (Lipinski definition) is 7. The Kier molecular flexibility index (Phi) is 10.6. The Balaban J connectivity index is 2.68. The highest BCUT2D eigenvalue weighted by Gasteiger charge is 2.15. The van der Waals surface area contributed by atoms with Crippen molar-refractivity contribution in [3.63, 3.8) is 0 Å². The molecule has 0 aliphatic heterocycles. The average Bonchev–Trinajstić information content (AvgIpc) is 2.66. The summed E-state index contributed by atoms with van der Waals surface area (Å²) in [4.78, 5) is 23.7. The van der Waals surface area contributed by atoms with Crippen LogP contribution in [0.3, 0.4) is 0 Å². The Morgan fingerprint density at radius 2 is 1.93 bits per heavy atom. The van der Waals surface area contributed by atoms with Crippen LogP contribution in [0.15, 0.2) is 18.2 Å². The van der Waals surface area contributed by atoms with E-state index in [0.29, 0.717) is 24.2 Å². The smallest absolute Gasteiger partial charge is 0.408 e. The molecule has 1 aromatic rings. The van der Waals surface area contributed by atoms with Gasteiger partial charge in [0.2, 0.25) is 0 Å². The van der Waals surface area contributed by atoms with E-state index in [9.17, 15) is 9.59 Å². The van der Waals surface area contributed by atoms with Crippen LogP contribution < -0.4 is 21.7 Å². The number of amides is 1. The second-order valence-electron chi connectivity index (χ2n) is 7.23. The fourth-order valence-corrected chi connectivity index (χ4v) is 2.26. The highest BCUT2D eigenvalue weighted by molar-refractivity contribution is 5.93. The summed E-state index contributed by atoms with van der Waals surface area (Å²) in [6.45, 7) is 8.48. The zero-order valence-corrected chi connectivity index (χ0v) is 17.7. The van der Waals surface area contributed by atoms with Crippen molar-refractivity contribution in [2.24, 2.45) is 5.73 Å². The van der Waals surface area contributed by atoms with Crippen LogP contribution in [0.4, 0.5) is 10.5 Å². The van der Waals surface area contributed by atoms with Gasteiger partial charge in [-0.3, -0.25) is 0 Å². The molecule has 0 atom stereocenters. The highest BCUT2D eigenvalue weighted by Crippen LogP contribution is 2.16. The van der Waals surface area contributed by atoms with Crippen LogP contribution in [0.2, 0.25) is 0 Å². The van der Waals surface area contributed by atoms with Gasteiger partial charge in [-0.1, -0.05) is 11.8 Å². The molecule has 0 bridgehead atoms. The molecule has 0 saturated carbocycles. The molecule has 0 aromatic heterocycles. The molecule has 0 heterocycles. The predicted molar refractivity (Wildman–Crippen MR) is 114 cm³/mol. The van der Waals surface area contributed by atoms with E-state index in [4.69, 9.17) is 15.2 Å². The van der Waals surface area contributed by atoms with Crippen molar-refractivity contribution >= 4 is 17.7 Å². The largest absolute Gasteiger partial charge is 0.465 e. The van der Waals surface area contributed by atoms with Gasteiger partial charge < -0.3 is 31.2 Å². The summed E-state index contributed by atoms with van der Waals surface area (Å²) in [5.41, 5.74) is 6.56. The lowest BCUT2D eigenvalue weighted by Gasteiger charge is -2.19. The Labute approximate surface area is 172 Å². The monoisotopic (exact) mass is 404 g/mol. The normalized spacial score (nSPS) is 10.5. The fourth-order valence-electron chi connectivity index (χ4n) is 2.26. The van der Waals surface area contributed by atoms with Gasteiger partial charge in [0, 0.05) is 24.3 Å². The van der Waals surface area contributed by atoms with Crippen molar-refractivity contribution < 1.29 is 19.1 Å². The Morgan fingerprint density at radius 3 is 2.59 bits per heavy atom. The molecule has 0 aliphatic carbocycles. The first-order chi connectivity index (χ1) is 13.8. The van der Waals surface area contributed by atoms with Gasteiger partial charge in [0.25, 0.3) is 0 Å². The van der Waals surface area contributed by atoms with Crippen molar-refractivity contribution in [2.45, 2.75) is 32.8 Å². The number of ether oxygens (including phenoxy) is 2. The number of hydrogen-bond donors (Lipinski definition) is 4. The van der Waals surface area contributed by atoms with E-state index in [1.165, 1.54) is 7.11 Å². The minimum absolute atomic E-state index is 0.101. The number of carbonyl (C=O) groups excluding carboxylic acids is 2. The maximum atomic E-state index is 12.1. The van der Waals surface area contributed by atoms with Crippen molar-refractivity contribution in [1.82, 2.24) is 10.6 Å². The molecule has 0 unspecified atom stereocenters. The average molecular weight is 405 g/mol. The summed E-state index contributed by atoms with van der Waals surface area (Å²) in [6, 6.07) is 5.30. The number of methoxy groups -OCH3 is 1. The minimum atomic E-state index is -0.571. The van der Waals surface area contributed by atoms with Crippen LogP contribution in [-0.4, -0.2) is 57.5 Å². The molecule has 8 heteroatoms. The molecule has 0 saturated heterocycles. The molecule has 29 heavy (non-hydrogen) atoms. The molecule has 1 amide bonds. The van der Waals surface area contributed by atoms with Gasteiger partial charge in [-0.25, -0.2) is 9.59 Å². The van der Waals surface area contributed by atoms with Crippen LogP contribution >= 0.6 is 0 Å². The van der Waals surface area contributed by atoms with Gasteiger partial charge in [-0.2, -0.15) is 0 Å². The molecule has 160 valence electrons. The molecule has 0 fully saturated rings. The van der Waals surface area contributed by atoms with Gasteiger partial charge in [-0.15, -0.1) is 0 Å². The molecule has 0 spiro atoms. The molecule has 0 aliphatic rings. The number of nitrogens with two attached hydrogens (primary N) is 1. The summed E-state index contributed by atoms with van der Waals surface area (Å²) in [5, 5.41) is 9.08. The molecule has 5 N–H and O–H groups in total. The van der Waals surface area contributed by atoms with Crippen LogP contribution in [-0.2, 0) is 9.47 Å². The van der Waals surface area contributed by atoms with E-state index in [1.807, 2.05) is 6.07 Å². The van der Waals surface area contributed by atoms with Crippen molar-refractivity contribution in [3.8, 4) is 11.8 Å². The van der Waals surface area contributed by atoms with Crippen LogP contribution in [0, 0.1) is 11.8 Å². The number of nitrogens with one attached hydrogen (secondary N) is 3. The molecule has 1 aromatic carbocycles. The lowest BCUT2D eigenvalue weighted by molar-refractivity contribution is 0.0533. The Bertz CT molecular complexity index is 732. The van der Waals surface area contributed by atoms with Gasteiger partial charge in [0.15, 0.2) is 0 Å². The topological polar surface area (TPSA) is 115 Å². The first kappa shape index (κ1) is 24.3. The van der Waals surface area contributed by atoms with Gasteiger partial charge >= 0.3 is 12.1 Å². The van der Waals surface area contributed by atoms with Crippen molar-refractivity contribution in [2.75, 3.05) is 45.2 Å².